The van der Waals surface area contributed by atoms with E-state index < -0.39 is 0 Å². The van der Waals surface area contributed by atoms with Crippen LogP contribution in [-0.4, -0.2) is 67.6 Å². The summed E-state index contributed by atoms with van der Waals surface area (Å²) in [6.07, 6.45) is 2.69. The molecule has 1 aliphatic carbocycles. The van der Waals surface area contributed by atoms with E-state index in [0.29, 0.717) is 6.54 Å². The van der Waals surface area contributed by atoms with Gasteiger partial charge in [0.05, 0.1) is 17.9 Å². The number of para-hydroxylation sites is 3. The Hall–Kier alpha value is -2.53. The van der Waals surface area contributed by atoms with E-state index >= 15 is 0 Å². The van der Waals surface area contributed by atoms with E-state index in [-0.39, 0.29) is 5.91 Å². The lowest BCUT2D eigenvalue weighted by Gasteiger charge is -2.40. The monoisotopic (exact) mass is 376 g/mol. The third-order valence-corrected chi connectivity index (χ3v) is 6.23. The molecule has 5 rings (SSSR count). The van der Waals surface area contributed by atoms with Crippen molar-refractivity contribution in [1.82, 2.24) is 9.80 Å². The number of benzene rings is 2. The van der Waals surface area contributed by atoms with Gasteiger partial charge in [0, 0.05) is 51.0 Å². The second-order valence-corrected chi connectivity index (χ2v) is 8.05. The van der Waals surface area contributed by atoms with Crippen molar-refractivity contribution in [2.24, 2.45) is 0 Å². The van der Waals surface area contributed by atoms with Crippen LogP contribution in [0.4, 0.5) is 17.1 Å². The molecule has 0 spiro atoms. The van der Waals surface area contributed by atoms with Crippen LogP contribution in [-0.2, 0) is 4.79 Å². The minimum atomic E-state index is 0.262. The lowest BCUT2D eigenvalue weighted by atomic mass is 10.1. The van der Waals surface area contributed by atoms with Gasteiger partial charge in [-0.1, -0.05) is 30.3 Å². The highest BCUT2D eigenvalue weighted by Crippen LogP contribution is 2.37. The van der Waals surface area contributed by atoms with Crippen LogP contribution >= 0.6 is 0 Å². The molecule has 146 valence electrons. The van der Waals surface area contributed by atoms with Gasteiger partial charge in [0.25, 0.3) is 0 Å². The fourth-order valence-electron chi connectivity index (χ4n) is 4.50. The summed E-state index contributed by atoms with van der Waals surface area (Å²) in [5.74, 6) is 0.262. The van der Waals surface area contributed by atoms with Gasteiger partial charge >= 0.3 is 0 Å². The second kappa shape index (κ2) is 7.47. The van der Waals surface area contributed by atoms with Crippen molar-refractivity contribution in [1.29, 1.82) is 0 Å². The molecule has 3 aliphatic rings. The Morgan fingerprint density at radius 2 is 1.46 bits per heavy atom. The van der Waals surface area contributed by atoms with E-state index in [0.717, 1.165) is 51.0 Å². The molecular weight excluding hydrogens is 348 g/mol. The smallest absolute Gasteiger partial charge is 0.242 e. The van der Waals surface area contributed by atoms with Crippen molar-refractivity contribution < 1.29 is 4.79 Å². The molecule has 2 heterocycles. The standard InChI is InChI=1S/C23H28N4O/c28-23(25-14-12-24(13-15-25)19-10-11-19)18-26-16-17-27(20-6-2-1-3-7-20)22-9-5-4-8-21(22)26/h1-9,19H,10-18H2. The van der Waals surface area contributed by atoms with E-state index in [2.05, 4.69) is 68.1 Å². The molecule has 0 atom stereocenters. The topological polar surface area (TPSA) is 30.0 Å². The first kappa shape index (κ1) is 17.6. The molecule has 0 unspecified atom stereocenters. The minimum absolute atomic E-state index is 0.262. The Labute approximate surface area is 167 Å². The number of anilines is 3. The highest BCUT2D eigenvalue weighted by molar-refractivity contribution is 5.86. The summed E-state index contributed by atoms with van der Waals surface area (Å²) in [7, 11) is 0. The molecule has 2 aromatic carbocycles. The number of piperazine rings is 1. The SMILES string of the molecule is O=C(CN1CCN(c2ccccc2)c2ccccc21)N1CCN(C2CC2)CC1. The molecule has 28 heavy (non-hydrogen) atoms. The summed E-state index contributed by atoms with van der Waals surface area (Å²) in [6.45, 7) is 6.05. The average molecular weight is 377 g/mol. The van der Waals surface area contributed by atoms with Crippen molar-refractivity contribution in [3.05, 3.63) is 54.6 Å². The number of carbonyl (C=O) groups is 1. The molecular formula is C23H28N4O. The maximum Gasteiger partial charge on any atom is 0.242 e. The molecule has 2 aromatic rings. The fourth-order valence-corrected chi connectivity index (χ4v) is 4.50. The zero-order chi connectivity index (χ0) is 18.9. The lowest BCUT2D eigenvalue weighted by Crippen LogP contribution is -2.52. The Morgan fingerprint density at radius 3 is 2.18 bits per heavy atom. The van der Waals surface area contributed by atoms with Crippen LogP contribution in [0.1, 0.15) is 12.8 Å². The van der Waals surface area contributed by atoms with Crippen LogP contribution in [0.3, 0.4) is 0 Å². The number of carbonyl (C=O) groups excluding carboxylic acids is 1. The summed E-state index contributed by atoms with van der Waals surface area (Å²) < 4.78 is 0. The van der Waals surface area contributed by atoms with E-state index in [1.165, 1.54) is 24.2 Å². The number of hydrogen-bond acceptors (Lipinski definition) is 4. The number of rotatable bonds is 4. The van der Waals surface area contributed by atoms with Gasteiger partial charge in [0.15, 0.2) is 0 Å². The predicted octanol–water partition coefficient (Wildman–Crippen LogP) is 2.95. The Morgan fingerprint density at radius 1 is 0.786 bits per heavy atom. The second-order valence-electron chi connectivity index (χ2n) is 8.05. The average Bonchev–Trinajstić information content (AvgIpc) is 3.60. The predicted molar refractivity (Wildman–Crippen MR) is 113 cm³/mol. The number of fused-ring (bicyclic) bond motifs is 1. The van der Waals surface area contributed by atoms with E-state index in [4.69, 9.17) is 0 Å². The normalized spacial score (nSPS) is 20.2. The zero-order valence-corrected chi connectivity index (χ0v) is 16.3. The summed E-state index contributed by atoms with van der Waals surface area (Å²) in [4.78, 5) is 22.2. The van der Waals surface area contributed by atoms with Gasteiger partial charge in [-0.25, -0.2) is 0 Å². The van der Waals surface area contributed by atoms with Crippen molar-refractivity contribution in [3.8, 4) is 0 Å². The summed E-state index contributed by atoms with van der Waals surface area (Å²) in [6, 6.07) is 19.8. The van der Waals surface area contributed by atoms with Crippen LogP contribution in [0.2, 0.25) is 0 Å². The molecule has 2 fully saturated rings. The molecule has 0 radical (unpaired) electrons. The zero-order valence-electron chi connectivity index (χ0n) is 16.3. The summed E-state index contributed by atoms with van der Waals surface area (Å²) >= 11 is 0. The summed E-state index contributed by atoms with van der Waals surface area (Å²) in [5, 5.41) is 0. The van der Waals surface area contributed by atoms with Gasteiger partial charge in [0.2, 0.25) is 5.91 Å². The summed E-state index contributed by atoms with van der Waals surface area (Å²) in [5.41, 5.74) is 3.55. The van der Waals surface area contributed by atoms with Crippen molar-refractivity contribution in [2.75, 3.05) is 55.6 Å². The van der Waals surface area contributed by atoms with Gasteiger partial charge < -0.3 is 14.7 Å². The van der Waals surface area contributed by atoms with Gasteiger partial charge in [0.1, 0.15) is 0 Å². The molecule has 0 aromatic heterocycles. The van der Waals surface area contributed by atoms with Crippen LogP contribution in [0, 0.1) is 0 Å². The van der Waals surface area contributed by atoms with Crippen LogP contribution in [0.25, 0.3) is 0 Å². The highest BCUT2D eigenvalue weighted by atomic mass is 16.2. The Bertz CT molecular complexity index is 828. The molecule has 1 saturated carbocycles. The highest BCUT2D eigenvalue weighted by Gasteiger charge is 2.33. The fraction of sp³-hybridized carbons (Fsp3) is 0.435. The molecule has 2 aliphatic heterocycles. The number of amides is 1. The largest absolute Gasteiger partial charge is 0.359 e. The van der Waals surface area contributed by atoms with Crippen LogP contribution in [0.5, 0.6) is 0 Å². The van der Waals surface area contributed by atoms with Gasteiger partial charge in [-0.05, 0) is 37.1 Å². The number of hydrogen-bond donors (Lipinski definition) is 0. The third-order valence-electron chi connectivity index (χ3n) is 6.23. The van der Waals surface area contributed by atoms with Crippen LogP contribution < -0.4 is 9.80 Å². The number of nitrogens with zero attached hydrogens (tertiary/aromatic N) is 4. The van der Waals surface area contributed by atoms with Crippen molar-refractivity contribution >= 4 is 23.0 Å². The maximum atomic E-state index is 13.0. The van der Waals surface area contributed by atoms with Gasteiger partial charge in [-0.2, -0.15) is 0 Å². The van der Waals surface area contributed by atoms with Gasteiger partial charge in [-0.15, -0.1) is 0 Å². The minimum Gasteiger partial charge on any atom is -0.359 e. The maximum absolute atomic E-state index is 13.0. The molecule has 0 N–H and O–H groups in total. The van der Waals surface area contributed by atoms with E-state index in [1.54, 1.807) is 0 Å². The van der Waals surface area contributed by atoms with E-state index in [9.17, 15) is 4.79 Å². The Kier molecular flexibility index (Phi) is 4.69. The Balaban J connectivity index is 1.28. The molecule has 1 amide bonds. The molecule has 0 bridgehead atoms. The first-order chi connectivity index (χ1) is 13.8. The quantitative estimate of drug-likeness (QED) is 0.821. The van der Waals surface area contributed by atoms with E-state index in [1.807, 2.05) is 6.07 Å². The molecule has 1 saturated heterocycles. The van der Waals surface area contributed by atoms with Gasteiger partial charge in [-0.3, -0.25) is 9.69 Å². The molecule has 5 heteroatoms. The first-order valence-corrected chi connectivity index (χ1v) is 10.5. The third kappa shape index (κ3) is 3.47. The first-order valence-electron chi connectivity index (χ1n) is 10.5. The molecule has 5 nitrogen and oxygen atoms in total. The van der Waals surface area contributed by atoms with Crippen LogP contribution in [0.15, 0.2) is 54.6 Å². The van der Waals surface area contributed by atoms with Crippen molar-refractivity contribution in [3.63, 3.8) is 0 Å². The van der Waals surface area contributed by atoms with Crippen molar-refractivity contribution in [2.45, 2.75) is 18.9 Å². The lowest BCUT2D eigenvalue weighted by molar-refractivity contribution is -0.131.